The lowest BCUT2D eigenvalue weighted by Crippen LogP contribution is -2.05. The molecule has 6 heteroatoms. The predicted octanol–water partition coefficient (Wildman–Crippen LogP) is 3.59. The summed E-state index contributed by atoms with van der Waals surface area (Å²) in [6, 6.07) is 15.3. The Hall–Kier alpha value is -3.59. The van der Waals surface area contributed by atoms with Crippen molar-refractivity contribution in [2.75, 3.05) is 12.4 Å². The first-order valence-electron chi connectivity index (χ1n) is 8.02. The van der Waals surface area contributed by atoms with Crippen LogP contribution in [-0.4, -0.2) is 22.6 Å². The fraction of sp³-hybridized carbons (Fsp3) is 0.150. The van der Waals surface area contributed by atoms with Gasteiger partial charge < -0.3 is 14.6 Å². The van der Waals surface area contributed by atoms with E-state index in [2.05, 4.69) is 16.4 Å². The lowest BCUT2D eigenvalue weighted by atomic mass is 10.0. The molecule has 3 aromatic rings. The summed E-state index contributed by atoms with van der Waals surface area (Å²) in [5.41, 5.74) is 4.31. The van der Waals surface area contributed by atoms with E-state index in [0.717, 1.165) is 16.8 Å². The highest BCUT2D eigenvalue weighted by Gasteiger charge is 2.17. The number of anilines is 1. The summed E-state index contributed by atoms with van der Waals surface area (Å²) in [4.78, 5) is 15.6. The number of methoxy groups -OCH3 is 1. The van der Waals surface area contributed by atoms with E-state index < -0.39 is 0 Å². The van der Waals surface area contributed by atoms with Crippen LogP contribution in [-0.2, 0) is 11.8 Å². The van der Waals surface area contributed by atoms with Gasteiger partial charge in [-0.05, 0) is 30.3 Å². The number of pyridine rings is 1. The fourth-order valence-corrected chi connectivity index (χ4v) is 2.80. The van der Waals surface area contributed by atoms with E-state index in [0.29, 0.717) is 16.9 Å². The molecule has 1 aromatic carbocycles. The first-order chi connectivity index (χ1) is 12.5. The van der Waals surface area contributed by atoms with Crippen LogP contribution in [0.25, 0.3) is 22.5 Å². The van der Waals surface area contributed by atoms with Gasteiger partial charge in [0, 0.05) is 42.7 Å². The second-order valence-corrected chi connectivity index (χ2v) is 5.81. The van der Waals surface area contributed by atoms with Crippen LogP contribution >= 0.6 is 0 Å². The largest absolute Gasteiger partial charge is 0.480 e. The summed E-state index contributed by atoms with van der Waals surface area (Å²) in [6.45, 7) is 1.47. The summed E-state index contributed by atoms with van der Waals surface area (Å²) in [5.74, 6) is 0.161. The van der Waals surface area contributed by atoms with E-state index in [1.165, 1.54) is 14.0 Å². The van der Waals surface area contributed by atoms with Crippen LogP contribution in [0.4, 0.5) is 5.69 Å². The van der Waals surface area contributed by atoms with Gasteiger partial charge in [-0.3, -0.25) is 4.79 Å². The van der Waals surface area contributed by atoms with Gasteiger partial charge in [0.2, 0.25) is 11.8 Å². The molecule has 0 saturated carbocycles. The molecule has 3 rings (SSSR count). The van der Waals surface area contributed by atoms with Crippen molar-refractivity contribution in [2.45, 2.75) is 6.92 Å². The third-order valence-corrected chi connectivity index (χ3v) is 4.01. The fourth-order valence-electron chi connectivity index (χ4n) is 2.80. The number of amides is 1. The van der Waals surface area contributed by atoms with Crippen LogP contribution < -0.4 is 10.1 Å². The number of nitriles is 1. The summed E-state index contributed by atoms with van der Waals surface area (Å²) < 4.78 is 7.30. The van der Waals surface area contributed by atoms with E-state index >= 15 is 0 Å². The number of ether oxygens (including phenoxy) is 1. The number of carbonyl (C=O) groups is 1. The van der Waals surface area contributed by atoms with Crippen LogP contribution in [0.5, 0.6) is 5.88 Å². The molecular weight excluding hydrogens is 328 g/mol. The molecule has 0 atom stereocenters. The van der Waals surface area contributed by atoms with Crippen LogP contribution in [0.1, 0.15) is 12.5 Å². The molecule has 0 radical (unpaired) electrons. The van der Waals surface area contributed by atoms with Gasteiger partial charge in [-0.15, -0.1) is 0 Å². The zero-order chi connectivity index (χ0) is 18.7. The summed E-state index contributed by atoms with van der Waals surface area (Å²) in [5, 5.41) is 12.3. The minimum absolute atomic E-state index is 0.123. The number of nitrogens with zero attached hydrogens (tertiary/aromatic N) is 3. The molecule has 1 amide bonds. The number of benzene rings is 1. The van der Waals surface area contributed by atoms with Gasteiger partial charge in [-0.25, -0.2) is 4.98 Å². The zero-order valence-electron chi connectivity index (χ0n) is 14.8. The maximum Gasteiger partial charge on any atom is 0.232 e. The topological polar surface area (TPSA) is 79.9 Å². The van der Waals surface area contributed by atoms with E-state index in [9.17, 15) is 10.1 Å². The third-order valence-electron chi connectivity index (χ3n) is 4.01. The molecule has 0 aliphatic rings. The monoisotopic (exact) mass is 346 g/mol. The number of aryl methyl sites for hydroxylation is 1. The van der Waals surface area contributed by atoms with Crippen molar-refractivity contribution in [3.8, 4) is 34.5 Å². The van der Waals surface area contributed by atoms with E-state index in [1.54, 1.807) is 0 Å². The number of hydrogen-bond donors (Lipinski definition) is 1. The smallest absolute Gasteiger partial charge is 0.232 e. The van der Waals surface area contributed by atoms with E-state index in [4.69, 9.17) is 4.74 Å². The molecule has 2 aromatic heterocycles. The Bertz CT molecular complexity index is 998. The number of rotatable bonds is 4. The van der Waals surface area contributed by atoms with Crippen molar-refractivity contribution >= 4 is 11.6 Å². The van der Waals surface area contributed by atoms with Gasteiger partial charge in [-0.2, -0.15) is 5.26 Å². The quantitative estimate of drug-likeness (QED) is 0.783. The predicted molar refractivity (Wildman–Crippen MR) is 99.7 cm³/mol. The molecule has 0 saturated heterocycles. The normalized spacial score (nSPS) is 10.2. The van der Waals surface area contributed by atoms with Gasteiger partial charge in [0.25, 0.3) is 0 Å². The molecule has 0 bridgehead atoms. The summed E-state index contributed by atoms with van der Waals surface area (Å²) >= 11 is 0. The lowest BCUT2D eigenvalue weighted by molar-refractivity contribution is -0.114. The van der Waals surface area contributed by atoms with Crippen LogP contribution in [0.2, 0.25) is 0 Å². The molecule has 2 heterocycles. The average Bonchev–Trinajstić information content (AvgIpc) is 3.06. The molecule has 0 unspecified atom stereocenters. The van der Waals surface area contributed by atoms with Crippen molar-refractivity contribution in [3.05, 3.63) is 54.2 Å². The number of nitrogens with one attached hydrogen (secondary N) is 1. The molecule has 0 fully saturated rings. The highest BCUT2D eigenvalue weighted by Crippen LogP contribution is 2.33. The molecular formula is C20H18N4O2. The number of carbonyl (C=O) groups excluding carboxylic acids is 1. The molecule has 0 aliphatic heterocycles. The average molecular weight is 346 g/mol. The highest BCUT2D eigenvalue weighted by molar-refractivity contribution is 5.89. The minimum atomic E-state index is -0.123. The Morgan fingerprint density at radius 1 is 1.27 bits per heavy atom. The lowest BCUT2D eigenvalue weighted by Gasteiger charge is -2.12. The van der Waals surface area contributed by atoms with Crippen molar-refractivity contribution in [2.24, 2.45) is 7.05 Å². The molecule has 1 N–H and O–H groups in total. The molecule has 0 spiro atoms. The van der Waals surface area contributed by atoms with Crippen molar-refractivity contribution in [1.29, 1.82) is 5.26 Å². The van der Waals surface area contributed by atoms with Gasteiger partial charge in [0.1, 0.15) is 11.6 Å². The maximum atomic E-state index is 11.2. The Labute approximate surface area is 151 Å². The van der Waals surface area contributed by atoms with Gasteiger partial charge in [0.15, 0.2) is 0 Å². The Kier molecular flexibility index (Phi) is 4.72. The third kappa shape index (κ3) is 3.28. The van der Waals surface area contributed by atoms with Crippen molar-refractivity contribution in [1.82, 2.24) is 9.55 Å². The Morgan fingerprint density at radius 3 is 2.54 bits per heavy atom. The highest BCUT2D eigenvalue weighted by atomic mass is 16.5. The maximum absolute atomic E-state index is 11.2. The van der Waals surface area contributed by atoms with Crippen molar-refractivity contribution < 1.29 is 9.53 Å². The standard InChI is InChI=1S/C20H18N4O2/c1-13(25)22-15-8-6-14(7-9-15)18-11-16(19-5-4-10-24(19)2)17(12-21)20(23-18)26-3/h4-11H,1-3H3,(H,22,25). The minimum Gasteiger partial charge on any atom is -0.480 e. The van der Waals surface area contributed by atoms with E-state index in [1.807, 2.05) is 60.3 Å². The Balaban J connectivity index is 2.13. The molecule has 6 nitrogen and oxygen atoms in total. The summed E-state index contributed by atoms with van der Waals surface area (Å²) in [6.07, 6.45) is 1.92. The second-order valence-electron chi connectivity index (χ2n) is 5.81. The first kappa shape index (κ1) is 17.2. The molecule has 130 valence electrons. The van der Waals surface area contributed by atoms with E-state index in [-0.39, 0.29) is 11.8 Å². The van der Waals surface area contributed by atoms with Crippen LogP contribution in [0.15, 0.2) is 48.7 Å². The molecule has 0 aliphatic carbocycles. The summed E-state index contributed by atoms with van der Waals surface area (Å²) in [7, 11) is 3.42. The van der Waals surface area contributed by atoms with Crippen LogP contribution in [0, 0.1) is 11.3 Å². The van der Waals surface area contributed by atoms with Gasteiger partial charge in [0.05, 0.1) is 12.8 Å². The zero-order valence-corrected chi connectivity index (χ0v) is 14.8. The van der Waals surface area contributed by atoms with Crippen molar-refractivity contribution in [3.63, 3.8) is 0 Å². The molecule has 26 heavy (non-hydrogen) atoms. The van der Waals surface area contributed by atoms with Gasteiger partial charge in [-0.1, -0.05) is 12.1 Å². The number of hydrogen-bond acceptors (Lipinski definition) is 4. The van der Waals surface area contributed by atoms with Gasteiger partial charge >= 0.3 is 0 Å². The first-order valence-corrected chi connectivity index (χ1v) is 8.02. The SMILES string of the molecule is COc1nc(-c2ccc(NC(C)=O)cc2)cc(-c2cccn2C)c1C#N. The Morgan fingerprint density at radius 2 is 2.00 bits per heavy atom. The van der Waals surface area contributed by atoms with Crippen LogP contribution in [0.3, 0.4) is 0 Å². The second kappa shape index (κ2) is 7.11. The number of aromatic nitrogens is 2.